The van der Waals surface area contributed by atoms with E-state index >= 15 is 0 Å². The third-order valence-electron chi connectivity index (χ3n) is 3.96. The predicted octanol–water partition coefficient (Wildman–Crippen LogP) is 3.65. The first-order valence-corrected chi connectivity index (χ1v) is 7.13. The van der Waals surface area contributed by atoms with E-state index < -0.39 is 5.97 Å². The zero-order valence-electron chi connectivity index (χ0n) is 13.2. The molecule has 3 aromatic rings. The van der Waals surface area contributed by atoms with Crippen molar-refractivity contribution in [3.05, 3.63) is 53.7 Å². The molecule has 1 aromatic heterocycles. The molecule has 1 N–H and O–H groups in total. The fourth-order valence-corrected chi connectivity index (χ4v) is 2.86. The van der Waals surface area contributed by atoms with Crippen LogP contribution in [0.5, 0.6) is 11.5 Å². The molecule has 0 fully saturated rings. The van der Waals surface area contributed by atoms with Gasteiger partial charge < -0.3 is 19.1 Å². The lowest BCUT2D eigenvalue weighted by molar-refractivity contribution is 0.0698. The Morgan fingerprint density at radius 1 is 1.00 bits per heavy atom. The summed E-state index contributed by atoms with van der Waals surface area (Å²) in [5, 5.41) is 10.3. The van der Waals surface area contributed by atoms with Gasteiger partial charge in [-0.25, -0.2) is 4.79 Å². The Kier molecular flexibility index (Phi) is 3.70. The van der Waals surface area contributed by atoms with E-state index in [4.69, 9.17) is 9.47 Å². The molecule has 0 radical (unpaired) electrons. The van der Waals surface area contributed by atoms with Crippen LogP contribution < -0.4 is 9.47 Å². The minimum absolute atomic E-state index is 0.287. The molecule has 2 aromatic carbocycles. The van der Waals surface area contributed by atoms with Gasteiger partial charge in [0.15, 0.2) is 0 Å². The smallest absolute Gasteiger partial charge is 0.338 e. The maximum atomic E-state index is 11.7. The second kappa shape index (κ2) is 5.68. The Hall–Kier alpha value is -2.95. The van der Waals surface area contributed by atoms with E-state index in [0.717, 1.165) is 17.0 Å². The molecule has 3 rings (SSSR count). The van der Waals surface area contributed by atoms with Gasteiger partial charge in [0.1, 0.15) is 11.5 Å². The summed E-state index contributed by atoms with van der Waals surface area (Å²) in [5.41, 5.74) is 2.66. The summed E-state index contributed by atoms with van der Waals surface area (Å²) in [6.07, 6.45) is 0. The largest absolute Gasteiger partial charge is 0.497 e. The average Bonchev–Trinajstić information content (AvgIpc) is 2.85. The Morgan fingerprint density at radius 2 is 1.61 bits per heavy atom. The van der Waals surface area contributed by atoms with Crippen LogP contribution in [-0.2, 0) is 0 Å². The van der Waals surface area contributed by atoms with Crippen LogP contribution in [0.1, 0.15) is 16.1 Å². The Bertz CT molecular complexity index is 878. The molecule has 0 bridgehead atoms. The molecule has 1 heterocycles. The van der Waals surface area contributed by atoms with Crippen molar-refractivity contribution in [1.29, 1.82) is 0 Å². The van der Waals surface area contributed by atoms with Crippen LogP contribution in [0, 0.1) is 6.92 Å². The third kappa shape index (κ3) is 2.40. The SMILES string of the molecule is COc1ccc(-n2c(C)c(C(=O)O)c3cc(OC)ccc32)cc1. The minimum Gasteiger partial charge on any atom is -0.497 e. The number of nitrogens with zero attached hydrogens (tertiary/aromatic N) is 1. The Morgan fingerprint density at radius 3 is 2.17 bits per heavy atom. The highest BCUT2D eigenvalue weighted by molar-refractivity contribution is 6.06. The summed E-state index contributed by atoms with van der Waals surface area (Å²) in [6.45, 7) is 1.81. The lowest BCUT2D eigenvalue weighted by Crippen LogP contribution is -2.01. The van der Waals surface area contributed by atoms with Crippen molar-refractivity contribution in [3.63, 3.8) is 0 Å². The maximum absolute atomic E-state index is 11.7. The maximum Gasteiger partial charge on any atom is 0.338 e. The summed E-state index contributed by atoms with van der Waals surface area (Å²) in [6, 6.07) is 13.0. The monoisotopic (exact) mass is 311 g/mol. The van der Waals surface area contributed by atoms with Crippen molar-refractivity contribution in [2.45, 2.75) is 6.92 Å². The number of ether oxygens (including phenoxy) is 2. The van der Waals surface area contributed by atoms with Gasteiger partial charge in [0.2, 0.25) is 0 Å². The van der Waals surface area contributed by atoms with Crippen LogP contribution in [0.3, 0.4) is 0 Å². The molecule has 0 spiro atoms. The van der Waals surface area contributed by atoms with Crippen LogP contribution >= 0.6 is 0 Å². The molecular formula is C18H17NO4. The molecule has 5 nitrogen and oxygen atoms in total. The first kappa shape index (κ1) is 15.0. The van der Waals surface area contributed by atoms with Crippen molar-refractivity contribution >= 4 is 16.9 Å². The lowest BCUT2D eigenvalue weighted by atomic mass is 10.1. The number of hydrogen-bond donors (Lipinski definition) is 1. The van der Waals surface area contributed by atoms with Gasteiger partial charge in [-0.1, -0.05) is 0 Å². The van der Waals surface area contributed by atoms with Gasteiger partial charge in [0.05, 0.1) is 25.3 Å². The van der Waals surface area contributed by atoms with Crippen LogP contribution in [0.4, 0.5) is 0 Å². The third-order valence-corrected chi connectivity index (χ3v) is 3.96. The lowest BCUT2D eigenvalue weighted by Gasteiger charge is -2.09. The summed E-state index contributed by atoms with van der Waals surface area (Å²) < 4.78 is 12.3. The highest BCUT2D eigenvalue weighted by atomic mass is 16.5. The fourth-order valence-electron chi connectivity index (χ4n) is 2.86. The van der Waals surface area contributed by atoms with Gasteiger partial charge in [0, 0.05) is 16.8 Å². The summed E-state index contributed by atoms with van der Waals surface area (Å²) in [5.74, 6) is 0.433. The van der Waals surface area contributed by atoms with Crippen LogP contribution in [0.2, 0.25) is 0 Å². The van der Waals surface area contributed by atoms with E-state index in [-0.39, 0.29) is 5.56 Å². The van der Waals surface area contributed by atoms with Gasteiger partial charge in [-0.05, 0) is 49.4 Å². The molecule has 0 saturated heterocycles. The second-order valence-corrected chi connectivity index (χ2v) is 5.18. The van der Waals surface area contributed by atoms with Gasteiger partial charge in [-0.2, -0.15) is 0 Å². The van der Waals surface area contributed by atoms with Crippen LogP contribution in [0.15, 0.2) is 42.5 Å². The normalized spacial score (nSPS) is 10.7. The zero-order valence-corrected chi connectivity index (χ0v) is 13.2. The van der Waals surface area contributed by atoms with Crippen molar-refractivity contribution in [2.24, 2.45) is 0 Å². The number of benzene rings is 2. The molecule has 0 unspecified atom stereocenters. The average molecular weight is 311 g/mol. The van der Waals surface area contributed by atoms with E-state index in [2.05, 4.69) is 0 Å². The Balaban J connectivity index is 2.31. The molecule has 0 atom stereocenters. The van der Waals surface area contributed by atoms with Gasteiger partial charge in [0.25, 0.3) is 0 Å². The van der Waals surface area contributed by atoms with Crippen molar-refractivity contribution in [1.82, 2.24) is 4.57 Å². The first-order valence-electron chi connectivity index (χ1n) is 7.13. The Labute approximate surface area is 133 Å². The van der Waals surface area contributed by atoms with Crippen molar-refractivity contribution < 1.29 is 19.4 Å². The highest BCUT2D eigenvalue weighted by Crippen LogP contribution is 2.32. The van der Waals surface area contributed by atoms with Crippen LogP contribution in [-0.4, -0.2) is 29.9 Å². The molecule has 23 heavy (non-hydrogen) atoms. The summed E-state index contributed by atoms with van der Waals surface area (Å²) in [4.78, 5) is 11.7. The first-order chi connectivity index (χ1) is 11.1. The van der Waals surface area contributed by atoms with Gasteiger partial charge in [-0.3, -0.25) is 0 Å². The number of hydrogen-bond acceptors (Lipinski definition) is 3. The molecule has 0 amide bonds. The molecule has 0 aliphatic heterocycles. The fraction of sp³-hybridized carbons (Fsp3) is 0.167. The molecule has 118 valence electrons. The number of carbonyl (C=O) groups is 1. The number of fused-ring (bicyclic) bond motifs is 1. The molecule has 0 aliphatic rings. The topological polar surface area (TPSA) is 60.7 Å². The number of aromatic nitrogens is 1. The minimum atomic E-state index is -0.951. The van der Waals surface area contributed by atoms with Gasteiger partial charge in [-0.15, -0.1) is 0 Å². The quantitative estimate of drug-likeness (QED) is 0.799. The number of methoxy groups -OCH3 is 2. The zero-order chi connectivity index (χ0) is 16.6. The van der Waals surface area contributed by atoms with Crippen molar-refractivity contribution in [2.75, 3.05) is 14.2 Å². The van der Waals surface area contributed by atoms with Crippen LogP contribution in [0.25, 0.3) is 16.6 Å². The number of carboxylic acid groups (broad SMARTS) is 1. The summed E-state index contributed by atoms with van der Waals surface area (Å²) >= 11 is 0. The van der Waals surface area contributed by atoms with Gasteiger partial charge >= 0.3 is 5.97 Å². The molecule has 0 saturated carbocycles. The molecule has 5 heteroatoms. The number of carboxylic acids is 1. The highest BCUT2D eigenvalue weighted by Gasteiger charge is 2.20. The summed E-state index contributed by atoms with van der Waals surface area (Å²) in [7, 11) is 3.18. The van der Waals surface area contributed by atoms with E-state index in [1.54, 1.807) is 27.2 Å². The van der Waals surface area contributed by atoms with E-state index in [0.29, 0.717) is 16.8 Å². The molecular weight excluding hydrogens is 294 g/mol. The van der Waals surface area contributed by atoms with E-state index in [1.807, 2.05) is 41.0 Å². The predicted molar refractivity (Wildman–Crippen MR) is 88.1 cm³/mol. The number of rotatable bonds is 4. The standard InChI is InChI=1S/C18H17NO4/c1-11-17(18(20)21)15-10-14(23-3)8-9-16(15)19(11)12-4-6-13(22-2)7-5-12/h4-10H,1-3H3,(H,20,21). The van der Waals surface area contributed by atoms with E-state index in [9.17, 15) is 9.90 Å². The van der Waals surface area contributed by atoms with E-state index in [1.165, 1.54) is 0 Å². The molecule has 0 aliphatic carbocycles. The van der Waals surface area contributed by atoms with Crippen molar-refractivity contribution in [3.8, 4) is 17.2 Å². The number of aromatic carboxylic acids is 1. The second-order valence-electron chi connectivity index (χ2n) is 5.18.